The van der Waals surface area contributed by atoms with E-state index in [4.69, 9.17) is 5.73 Å². The van der Waals surface area contributed by atoms with Gasteiger partial charge in [0.25, 0.3) is 0 Å². The number of methoxy groups -OCH3 is 1. The van der Waals surface area contributed by atoms with E-state index in [2.05, 4.69) is 4.74 Å². The highest BCUT2D eigenvalue weighted by molar-refractivity contribution is 5.74. The van der Waals surface area contributed by atoms with Crippen LogP contribution in [0.4, 0.5) is 0 Å². The Morgan fingerprint density at radius 3 is 2.12 bits per heavy atom. The van der Waals surface area contributed by atoms with Crippen molar-refractivity contribution in [1.29, 1.82) is 0 Å². The molecule has 0 spiro atoms. The smallest absolute Gasteiger partial charge is 0.322 e. The lowest BCUT2D eigenvalue weighted by Gasteiger charge is -1.98. The zero-order valence-electron chi connectivity index (χ0n) is 4.97. The van der Waals surface area contributed by atoms with Gasteiger partial charge >= 0.3 is 5.97 Å². The van der Waals surface area contributed by atoms with Crippen LogP contribution in [-0.4, -0.2) is 24.6 Å². The lowest BCUT2D eigenvalue weighted by atomic mass is 10.4. The Morgan fingerprint density at radius 1 is 1.75 bits per heavy atom. The Kier molecular flexibility index (Phi) is 5.90. The van der Waals surface area contributed by atoms with Gasteiger partial charge in [0, 0.05) is 0 Å². The second kappa shape index (κ2) is 4.55. The number of hydrogen-bond donors (Lipinski definition) is 1. The van der Waals surface area contributed by atoms with E-state index in [1.54, 1.807) is 6.92 Å². The number of carbonyl (C=O) groups excluding carboxylic acids is 1. The minimum Gasteiger partial charge on any atom is -0.468 e. The predicted molar refractivity (Wildman–Crippen MR) is 29.3 cm³/mol. The van der Waals surface area contributed by atoms with Gasteiger partial charge in [0.2, 0.25) is 0 Å². The Bertz CT molecular complexity index is 71.7. The maximum absolute atomic E-state index is 10.2. The Labute approximate surface area is 47.9 Å². The normalized spacial score (nSPS) is 11.4. The van der Waals surface area contributed by atoms with Crippen LogP contribution in [0, 0.1) is 0 Å². The Morgan fingerprint density at radius 2 is 2.12 bits per heavy atom. The van der Waals surface area contributed by atoms with Gasteiger partial charge in [-0.1, -0.05) is 0 Å². The van der Waals surface area contributed by atoms with Crippen molar-refractivity contribution < 1.29 is 15.0 Å². The molecule has 0 aromatic carbocycles. The summed E-state index contributed by atoms with van der Waals surface area (Å²) in [4.78, 5) is 10.2. The summed E-state index contributed by atoms with van der Waals surface area (Å²) < 4.78 is 4.25. The van der Waals surface area contributed by atoms with Gasteiger partial charge in [-0.2, -0.15) is 0 Å². The molecule has 1 atom stereocenters. The molecule has 4 heteroatoms. The van der Waals surface area contributed by atoms with Crippen LogP contribution in [0.1, 0.15) is 6.92 Å². The summed E-state index contributed by atoms with van der Waals surface area (Å²) in [7, 11) is 1.31. The maximum Gasteiger partial charge on any atom is 0.322 e. The summed E-state index contributed by atoms with van der Waals surface area (Å²) in [5.74, 6) is -0.375. The molecule has 0 radical (unpaired) electrons. The molecule has 0 saturated heterocycles. The van der Waals surface area contributed by atoms with Crippen molar-refractivity contribution in [2.45, 2.75) is 13.0 Å². The summed E-state index contributed by atoms with van der Waals surface area (Å²) >= 11 is 0. The quantitative estimate of drug-likeness (QED) is 0.437. The summed E-state index contributed by atoms with van der Waals surface area (Å²) in [6.07, 6.45) is 0. The summed E-state index contributed by atoms with van der Waals surface area (Å²) in [6.45, 7) is 1.58. The number of hydrogen-bond acceptors (Lipinski definition) is 3. The predicted octanol–water partition coefficient (Wildman–Crippen LogP) is -1.32. The number of ether oxygens (including phenoxy) is 1. The Hall–Kier alpha value is -0.610. The number of esters is 1. The van der Waals surface area contributed by atoms with Gasteiger partial charge in [0.15, 0.2) is 0 Å². The molecule has 0 saturated carbocycles. The molecule has 0 heterocycles. The van der Waals surface area contributed by atoms with Gasteiger partial charge in [0.1, 0.15) is 6.04 Å². The molecule has 0 amide bonds. The lowest BCUT2D eigenvalue weighted by Crippen LogP contribution is -2.27. The third-order valence-electron chi connectivity index (χ3n) is 0.573. The lowest BCUT2D eigenvalue weighted by molar-refractivity contribution is -0.141. The van der Waals surface area contributed by atoms with E-state index in [0.29, 0.717) is 0 Å². The van der Waals surface area contributed by atoms with Crippen LogP contribution in [0.15, 0.2) is 0 Å². The molecule has 0 aromatic rings. The molecule has 0 fully saturated rings. The van der Waals surface area contributed by atoms with E-state index in [1.807, 2.05) is 0 Å². The number of carbonyl (C=O) groups is 1. The molecule has 0 aromatic heterocycles. The minimum atomic E-state index is -0.495. The first-order chi connectivity index (χ1) is 3.18. The van der Waals surface area contributed by atoms with Gasteiger partial charge in [-0.15, -0.1) is 0 Å². The van der Waals surface area contributed by atoms with Gasteiger partial charge in [-0.25, -0.2) is 0 Å². The first-order valence-electron chi connectivity index (χ1n) is 2.02. The average Bonchev–Trinajstić information content (AvgIpc) is 1.65. The zero-order valence-corrected chi connectivity index (χ0v) is 4.97. The molecule has 0 aliphatic rings. The fraction of sp³-hybridized carbons (Fsp3) is 0.750. The van der Waals surface area contributed by atoms with Crippen LogP contribution in [0.2, 0.25) is 0 Å². The van der Waals surface area contributed by atoms with Crippen LogP contribution in [0.3, 0.4) is 0 Å². The van der Waals surface area contributed by atoms with Crippen molar-refractivity contribution in [3.8, 4) is 0 Å². The standard InChI is InChI=1S/C4H9NO2.H2O/c1-3(5)4(6)7-2;/h3H,5H2,1-2H3;1H2/t3-;/m0./s1. The van der Waals surface area contributed by atoms with Gasteiger partial charge in [-0.05, 0) is 6.92 Å². The first kappa shape index (κ1) is 10.4. The largest absolute Gasteiger partial charge is 0.468 e. The van der Waals surface area contributed by atoms with E-state index in [0.717, 1.165) is 0 Å². The monoisotopic (exact) mass is 121 g/mol. The Balaban J connectivity index is 0. The molecule has 0 aliphatic carbocycles. The molecule has 0 unspecified atom stereocenters. The van der Waals surface area contributed by atoms with E-state index in [9.17, 15) is 4.79 Å². The third-order valence-corrected chi connectivity index (χ3v) is 0.573. The average molecular weight is 121 g/mol. The van der Waals surface area contributed by atoms with Gasteiger partial charge in [0.05, 0.1) is 7.11 Å². The van der Waals surface area contributed by atoms with Crippen molar-refractivity contribution >= 4 is 5.97 Å². The molecule has 8 heavy (non-hydrogen) atoms. The highest BCUT2D eigenvalue weighted by atomic mass is 16.5. The molecule has 0 rings (SSSR count). The van der Waals surface area contributed by atoms with Crippen LogP contribution in [0.25, 0.3) is 0 Å². The van der Waals surface area contributed by atoms with Crippen LogP contribution in [0.5, 0.6) is 0 Å². The molecule has 0 aliphatic heterocycles. The van der Waals surface area contributed by atoms with Gasteiger partial charge in [-0.3, -0.25) is 4.79 Å². The zero-order chi connectivity index (χ0) is 5.86. The van der Waals surface area contributed by atoms with Crippen molar-refractivity contribution in [2.75, 3.05) is 7.11 Å². The second-order valence-corrected chi connectivity index (χ2v) is 1.31. The molecular weight excluding hydrogens is 110 g/mol. The topological polar surface area (TPSA) is 83.8 Å². The number of nitrogens with two attached hydrogens (primary N) is 1. The van der Waals surface area contributed by atoms with Crippen molar-refractivity contribution in [3.05, 3.63) is 0 Å². The van der Waals surface area contributed by atoms with Crippen molar-refractivity contribution in [1.82, 2.24) is 0 Å². The van der Waals surface area contributed by atoms with Crippen molar-refractivity contribution in [2.24, 2.45) is 5.73 Å². The van der Waals surface area contributed by atoms with E-state index < -0.39 is 6.04 Å². The van der Waals surface area contributed by atoms with Crippen LogP contribution < -0.4 is 5.73 Å². The molecule has 4 N–H and O–H groups in total. The van der Waals surface area contributed by atoms with Crippen LogP contribution >= 0.6 is 0 Å². The maximum atomic E-state index is 10.2. The van der Waals surface area contributed by atoms with E-state index >= 15 is 0 Å². The third kappa shape index (κ3) is 3.58. The summed E-state index contributed by atoms with van der Waals surface area (Å²) in [5, 5.41) is 0. The molecule has 0 bridgehead atoms. The highest BCUT2D eigenvalue weighted by Gasteiger charge is 2.03. The fourth-order valence-corrected chi connectivity index (χ4v) is 0.186. The second-order valence-electron chi connectivity index (χ2n) is 1.31. The van der Waals surface area contributed by atoms with Crippen LogP contribution in [-0.2, 0) is 9.53 Å². The SMILES string of the molecule is COC(=O)[C@H](C)N.O. The minimum absolute atomic E-state index is 0. The van der Waals surface area contributed by atoms with E-state index in [-0.39, 0.29) is 11.4 Å². The molecule has 50 valence electrons. The fourth-order valence-electron chi connectivity index (χ4n) is 0.186. The number of rotatable bonds is 1. The van der Waals surface area contributed by atoms with Gasteiger partial charge < -0.3 is 15.9 Å². The van der Waals surface area contributed by atoms with E-state index in [1.165, 1.54) is 7.11 Å². The highest BCUT2D eigenvalue weighted by Crippen LogP contribution is 1.76. The summed E-state index contributed by atoms with van der Waals surface area (Å²) in [6, 6.07) is -0.495. The first-order valence-corrected chi connectivity index (χ1v) is 2.02. The van der Waals surface area contributed by atoms with Crippen molar-refractivity contribution in [3.63, 3.8) is 0 Å². The molecular formula is C4H11NO3. The summed E-state index contributed by atoms with van der Waals surface area (Å²) in [5.41, 5.74) is 5.07. The molecule has 4 nitrogen and oxygen atoms in total.